The molecule has 0 aliphatic carbocycles. The van der Waals surface area contributed by atoms with Crippen LogP contribution >= 0.6 is 0 Å². The van der Waals surface area contributed by atoms with E-state index < -0.39 is 10.0 Å². The Labute approximate surface area is 150 Å². The summed E-state index contributed by atoms with van der Waals surface area (Å²) in [5, 5.41) is 0. The fourth-order valence-corrected chi connectivity index (χ4v) is 3.61. The largest absolute Gasteiger partial charge is 0.495 e. The number of para-hydroxylation sites is 1. The molecule has 0 aliphatic heterocycles. The van der Waals surface area contributed by atoms with E-state index in [1.165, 1.54) is 18.5 Å². The number of hydrogen-bond acceptors (Lipinski definition) is 3. The number of aryl methyl sites for hydroxylation is 1. The van der Waals surface area contributed by atoms with Crippen molar-refractivity contribution in [1.82, 2.24) is 0 Å². The second-order valence-electron chi connectivity index (χ2n) is 5.69. The van der Waals surface area contributed by atoms with Gasteiger partial charge in [-0.05, 0) is 37.6 Å². The lowest BCUT2D eigenvalue weighted by molar-refractivity contribution is 0.415. The SMILES string of the molecule is CCCC#Cc1cccc(OC)c1N(C)S(=O)(=O)c1ccc(C)cc1. The van der Waals surface area contributed by atoms with Gasteiger partial charge in [-0.25, -0.2) is 8.42 Å². The van der Waals surface area contributed by atoms with Crippen LogP contribution < -0.4 is 9.04 Å². The molecule has 0 atom stereocenters. The first-order valence-corrected chi connectivity index (χ1v) is 9.57. The second kappa shape index (κ2) is 8.09. The quantitative estimate of drug-likeness (QED) is 0.761. The summed E-state index contributed by atoms with van der Waals surface area (Å²) in [7, 11) is -0.661. The topological polar surface area (TPSA) is 46.6 Å². The van der Waals surface area contributed by atoms with Crippen molar-refractivity contribution < 1.29 is 13.2 Å². The molecule has 0 aliphatic rings. The standard InChI is InChI=1S/C20H23NO3S/c1-5-6-7-9-17-10-8-11-19(24-4)20(17)21(3)25(22,23)18-14-12-16(2)13-15-18/h8,10-15H,5-6H2,1-4H3. The Morgan fingerprint density at radius 3 is 2.40 bits per heavy atom. The van der Waals surface area contributed by atoms with Gasteiger partial charge in [0.25, 0.3) is 10.0 Å². The summed E-state index contributed by atoms with van der Waals surface area (Å²) < 4.78 is 32.7. The number of sulfonamides is 1. The summed E-state index contributed by atoms with van der Waals surface area (Å²) in [6.07, 6.45) is 1.70. The predicted octanol–water partition coefficient (Wildman–Crippen LogP) is 3.98. The molecule has 0 N–H and O–H groups in total. The van der Waals surface area contributed by atoms with E-state index in [2.05, 4.69) is 18.8 Å². The van der Waals surface area contributed by atoms with E-state index in [1.54, 1.807) is 30.3 Å². The summed E-state index contributed by atoms with van der Waals surface area (Å²) in [5.74, 6) is 6.61. The Morgan fingerprint density at radius 2 is 1.80 bits per heavy atom. The van der Waals surface area contributed by atoms with Crippen molar-refractivity contribution in [2.24, 2.45) is 0 Å². The van der Waals surface area contributed by atoms with Crippen LogP contribution in [0.25, 0.3) is 0 Å². The van der Waals surface area contributed by atoms with Crippen molar-refractivity contribution in [2.75, 3.05) is 18.5 Å². The van der Waals surface area contributed by atoms with Crippen LogP contribution in [0.1, 0.15) is 30.9 Å². The molecule has 5 heteroatoms. The van der Waals surface area contributed by atoms with Gasteiger partial charge in [0.1, 0.15) is 11.4 Å². The molecule has 25 heavy (non-hydrogen) atoms. The van der Waals surface area contributed by atoms with Gasteiger partial charge in [0, 0.05) is 13.5 Å². The molecule has 0 spiro atoms. The van der Waals surface area contributed by atoms with Gasteiger partial charge >= 0.3 is 0 Å². The van der Waals surface area contributed by atoms with Crippen molar-refractivity contribution in [1.29, 1.82) is 0 Å². The normalized spacial score (nSPS) is 10.7. The van der Waals surface area contributed by atoms with E-state index in [0.717, 1.165) is 18.4 Å². The molecule has 0 heterocycles. The van der Waals surface area contributed by atoms with Gasteiger partial charge in [0.2, 0.25) is 0 Å². The van der Waals surface area contributed by atoms with Crippen molar-refractivity contribution in [3.05, 3.63) is 53.6 Å². The van der Waals surface area contributed by atoms with Gasteiger partial charge in [0.05, 0.1) is 17.6 Å². The highest BCUT2D eigenvalue weighted by atomic mass is 32.2. The van der Waals surface area contributed by atoms with Gasteiger partial charge in [0.15, 0.2) is 0 Å². The fraction of sp³-hybridized carbons (Fsp3) is 0.300. The van der Waals surface area contributed by atoms with Crippen LogP contribution in [0.2, 0.25) is 0 Å². The maximum atomic E-state index is 13.0. The van der Waals surface area contributed by atoms with E-state index in [1.807, 2.05) is 19.1 Å². The summed E-state index contributed by atoms with van der Waals surface area (Å²) in [6.45, 7) is 3.97. The first-order chi connectivity index (χ1) is 11.9. The summed E-state index contributed by atoms with van der Waals surface area (Å²) in [6, 6.07) is 12.1. The minimum atomic E-state index is -3.71. The lowest BCUT2D eigenvalue weighted by atomic mass is 10.1. The van der Waals surface area contributed by atoms with Crippen LogP contribution in [-0.2, 0) is 10.0 Å². The summed E-state index contributed by atoms with van der Waals surface area (Å²) in [4.78, 5) is 0.235. The third-order valence-electron chi connectivity index (χ3n) is 3.81. The first kappa shape index (κ1) is 18.9. The molecule has 2 aromatic carbocycles. The summed E-state index contributed by atoms with van der Waals surface area (Å²) in [5.41, 5.74) is 2.09. The Kier molecular flexibility index (Phi) is 6.11. The van der Waals surface area contributed by atoms with E-state index in [9.17, 15) is 8.42 Å². The summed E-state index contributed by atoms with van der Waals surface area (Å²) >= 11 is 0. The number of nitrogens with zero attached hydrogens (tertiary/aromatic N) is 1. The third kappa shape index (κ3) is 4.15. The molecule has 2 rings (SSSR count). The van der Waals surface area contributed by atoms with Gasteiger partial charge in [-0.1, -0.05) is 42.5 Å². The number of ether oxygens (including phenoxy) is 1. The van der Waals surface area contributed by atoms with Crippen molar-refractivity contribution in [3.63, 3.8) is 0 Å². The van der Waals surface area contributed by atoms with Gasteiger partial charge in [-0.15, -0.1) is 0 Å². The Morgan fingerprint density at radius 1 is 1.12 bits per heavy atom. The Bertz CT molecular complexity index is 891. The minimum Gasteiger partial charge on any atom is -0.495 e. The lowest BCUT2D eigenvalue weighted by Crippen LogP contribution is -2.27. The first-order valence-electron chi connectivity index (χ1n) is 8.13. The zero-order valence-corrected chi connectivity index (χ0v) is 15.9. The van der Waals surface area contributed by atoms with Crippen LogP contribution in [0.15, 0.2) is 47.4 Å². The maximum absolute atomic E-state index is 13.0. The molecule has 4 nitrogen and oxygen atoms in total. The predicted molar refractivity (Wildman–Crippen MR) is 102 cm³/mol. The van der Waals surface area contributed by atoms with Crippen LogP contribution in [0, 0.1) is 18.8 Å². The van der Waals surface area contributed by atoms with Crippen LogP contribution in [0.3, 0.4) is 0 Å². The number of hydrogen-bond donors (Lipinski definition) is 0. The Hall–Kier alpha value is -2.45. The number of methoxy groups -OCH3 is 1. The molecule has 0 bridgehead atoms. The molecule has 0 fully saturated rings. The monoisotopic (exact) mass is 357 g/mol. The van der Waals surface area contributed by atoms with E-state index in [4.69, 9.17) is 4.74 Å². The van der Waals surface area contributed by atoms with Crippen molar-refractivity contribution in [3.8, 4) is 17.6 Å². The number of rotatable bonds is 5. The molecule has 0 radical (unpaired) electrons. The molecule has 0 amide bonds. The smallest absolute Gasteiger partial charge is 0.264 e. The van der Waals surface area contributed by atoms with Gasteiger partial charge in [-0.2, -0.15) is 0 Å². The second-order valence-corrected chi connectivity index (χ2v) is 7.66. The molecule has 2 aromatic rings. The zero-order chi connectivity index (χ0) is 18.4. The van der Waals surface area contributed by atoms with E-state index in [0.29, 0.717) is 17.0 Å². The van der Waals surface area contributed by atoms with Crippen LogP contribution in [0.4, 0.5) is 5.69 Å². The van der Waals surface area contributed by atoms with Gasteiger partial charge in [-0.3, -0.25) is 4.31 Å². The van der Waals surface area contributed by atoms with Crippen molar-refractivity contribution in [2.45, 2.75) is 31.6 Å². The molecule has 0 saturated heterocycles. The molecule has 0 unspecified atom stereocenters. The van der Waals surface area contributed by atoms with Crippen LogP contribution in [0.5, 0.6) is 5.75 Å². The number of anilines is 1. The molecule has 0 aromatic heterocycles. The fourth-order valence-electron chi connectivity index (χ4n) is 2.38. The molecule has 132 valence electrons. The third-order valence-corrected chi connectivity index (χ3v) is 5.58. The van der Waals surface area contributed by atoms with Gasteiger partial charge < -0.3 is 4.74 Å². The lowest BCUT2D eigenvalue weighted by Gasteiger charge is -2.23. The molecular formula is C20H23NO3S. The number of benzene rings is 2. The zero-order valence-electron chi connectivity index (χ0n) is 15.0. The molecular weight excluding hydrogens is 334 g/mol. The highest BCUT2D eigenvalue weighted by Gasteiger charge is 2.25. The highest BCUT2D eigenvalue weighted by Crippen LogP contribution is 2.34. The van der Waals surface area contributed by atoms with E-state index in [-0.39, 0.29) is 4.90 Å². The average Bonchev–Trinajstić information content (AvgIpc) is 2.61. The van der Waals surface area contributed by atoms with Crippen molar-refractivity contribution >= 4 is 15.7 Å². The number of unbranched alkanes of at least 4 members (excludes halogenated alkanes) is 1. The Balaban J connectivity index is 2.56. The maximum Gasteiger partial charge on any atom is 0.264 e. The highest BCUT2D eigenvalue weighted by molar-refractivity contribution is 7.92. The van der Waals surface area contributed by atoms with E-state index >= 15 is 0 Å². The average molecular weight is 357 g/mol. The molecule has 0 saturated carbocycles. The minimum absolute atomic E-state index is 0.235. The van der Waals surface area contributed by atoms with Crippen LogP contribution in [-0.4, -0.2) is 22.6 Å².